The van der Waals surface area contributed by atoms with E-state index in [1.54, 1.807) is 18.2 Å². The number of nitrogens with zero attached hydrogens (tertiary/aromatic N) is 1. The minimum absolute atomic E-state index is 0.379. The number of carbonyl (C=O) groups is 2. The van der Waals surface area contributed by atoms with E-state index in [1.165, 1.54) is 4.90 Å². The van der Waals surface area contributed by atoms with Gasteiger partial charge in [-0.25, -0.2) is 0 Å². The van der Waals surface area contributed by atoms with Crippen molar-refractivity contribution < 1.29 is 9.59 Å². The first-order chi connectivity index (χ1) is 7.66. The highest BCUT2D eigenvalue weighted by molar-refractivity contribution is 9.10. The lowest BCUT2D eigenvalue weighted by molar-refractivity contribution is -0.114. The Kier molecular flexibility index (Phi) is 2.80. The monoisotopic (exact) mass is 277 g/mol. The smallest absolute Gasteiger partial charge is 0.299 e. The van der Waals surface area contributed by atoms with Crippen LogP contribution in [0, 0.1) is 12.3 Å². The molecule has 0 saturated heterocycles. The topological polar surface area (TPSA) is 37.4 Å². The number of anilines is 1. The van der Waals surface area contributed by atoms with E-state index in [2.05, 4.69) is 21.9 Å². The van der Waals surface area contributed by atoms with Crippen LogP contribution in [-0.2, 0) is 4.79 Å². The summed E-state index contributed by atoms with van der Waals surface area (Å²) in [7, 11) is 0. The molecule has 0 N–H and O–H groups in total. The van der Waals surface area contributed by atoms with Gasteiger partial charge < -0.3 is 4.90 Å². The number of Topliss-reactive ketones (excluding diaryl/α,β-unsaturated/α-hetero) is 1. The zero-order valence-corrected chi connectivity index (χ0v) is 9.95. The van der Waals surface area contributed by atoms with Crippen molar-refractivity contribution in [3.63, 3.8) is 0 Å². The largest absolute Gasteiger partial charge is 0.304 e. The first-order valence-corrected chi connectivity index (χ1v) is 5.54. The Morgan fingerprint density at radius 3 is 2.81 bits per heavy atom. The summed E-state index contributed by atoms with van der Waals surface area (Å²) in [5.41, 5.74) is 1.07. The van der Waals surface area contributed by atoms with Crippen LogP contribution in [0.3, 0.4) is 0 Å². The maximum absolute atomic E-state index is 11.7. The highest BCUT2D eigenvalue weighted by Crippen LogP contribution is 2.34. The molecule has 0 atom stereocenters. The van der Waals surface area contributed by atoms with Gasteiger partial charge in [-0.1, -0.05) is 6.07 Å². The Morgan fingerprint density at radius 2 is 2.12 bits per heavy atom. The van der Waals surface area contributed by atoms with Crippen molar-refractivity contribution >= 4 is 33.3 Å². The Morgan fingerprint density at radius 1 is 1.38 bits per heavy atom. The van der Waals surface area contributed by atoms with E-state index in [9.17, 15) is 9.59 Å². The van der Waals surface area contributed by atoms with Gasteiger partial charge in [-0.3, -0.25) is 9.59 Å². The lowest BCUT2D eigenvalue weighted by Gasteiger charge is -2.14. The fourth-order valence-electron chi connectivity index (χ4n) is 1.70. The lowest BCUT2D eigenvalue weighted by atomic mass is 10.1. The molecule has 0 spiro atoms. The fourth-order valence-corrected chi connectivity index (χ4v) is 2.24. The van der Waals surface area contributed by atoms with E-state index >= 15 is 0 Å². The molecule has 1 amide bonds. The number of ketones is 1. The van der Waals surface area contributed by atoms with E-state index in [0.29, 0.717) is 28.7 Å². The summed E-state index contributed by atoms with van der Waals surface area (Å²) in [4.78, 5) is 24.9. The summed E-state index contributed by atoms with van der Waals surface area (Å²) in [6, 6.07) is 5.28. The molecule has 0 fully saturated rings. The van der Waals surface area contributed by atoms with Gasteiger partial charge in [0.25, 0.3) is 11.7 Å². The summed E-state index contributed by atoms with van der Waals surface area (Å²) >= 11 is 3.27. The number of carbonyl (C=O) groups excluding carboxylic acids is 2. The van der Waals surface area contributed by atoms with Crippen molar-refractivity contribution in [3.8, 4) is 12.3 Å². The van der Waals surface area contributed by atoms with Crippen molar-refractivity contribution in [2.45, 2.75) is 6.42 Å². The second-order valence-corrected chi connectivity index (χ2v) is 4.23. The molecule has 1 aromatic rings. The quantitative estimate of drug-likeness (QED) is 0.613. The molecule has 0 radical (unpaired) electrons. The average Bonchev–Trinajstić information content (AvgIpc) is 2.51. The molecule has 1 aromatic carbocycles. The van der Waals surface area contributed by atoms with Crippen LogP contribution in [0.25, 0.3) is 0 Å². The zero-order chi connectivity index (χ0) is 11.7. The van der Waals surface area contributed by atoms with Gasteiger partial charge in [0.2, 0.25) is 0 Å². The van der Waals surface area contributed by atoms with Gasteiger partial charge in [-0.05, 0) is 28.1 Å². The molecular formula is C12H8BrNO2. The van der Waals surface area contributed by atoms with Crippen LogP contribution < -0.4 is 4.90 Å². The SMILES string of the molecule is C#CCCN1C(=O)C(=O)c2c(Br)cccc21. The Balaban J connectivity index is 2.47. The van der Waals surface area contributed by atoms with Gasteiger partial charge in [0, 0.05) is 17.4 Å². The van der Waals surface area contributed by atoms with Crippen LogP contribution >= 0.6 is 15.9 Å². The van der Waals surface area contributed by atoms with Gasteiger partial charge in [-0.2, -0.15) is 0 Å². The first kappa shape index (κ1) is 10.9. The molecule has 1 aliphatic rings. The number of fused-ring (bicyclic) bond motifs is 1. The Bertz CT molecular complexity index is 516. The predicted octanol–water partition coefficient (Wildman–Crippen LogP) is 2.00. The third-order valence-electron chi connectivity index (χ3n) is 2.43. The molecule has 16 heavy (non-hydrogen) atoms. The molecular weight excluding hydrogens is 270 g/mol. The number of rotatable bonds is 2. The maximum Gasteiger partial charge on any atom is 0.299 e. The minimum Gasteiger partial charge on any atom is -0.304 e. The van der Waals surface area contributed by atoms with Crippen molar-refractivity contribution in [2.24, 2.45) is 0 Å². The normalized spacial score (nSPS) is 13.9. The van der Waals surface area contributed by atoms with E-state index < -0.39 is 11.7 Å². The summed E-state index contributed by atoms with van der Waals surface area (Å²) < 4.78 is 0.645. The number of hydrogen-bond donors (Lipinski definition) is 0. The molecule has 1 heterocycles. The van der Waals surface area contributed by atoms with Gasteiger partial charge in [0.05, 0.1) is 11.3 Å². The molecule has 0 unspecified atom stereocenters. The fraction of sp³-hybridized carbons (Fsp3) is 0.167. The molecule has 0 bridgehead atoms. The zero-order valence-electron chi connectivity index (χ0n) is 8.37. The van der Waals surface area contributed by atoms with Crippen LogP contribution in [0.1, 0.15) is 16.8 Å². The molecule has 3 nitrogen and oxygen atoms in total. The molecule has 2 rings (SSSR count). The van der Waals surface area contributed by atoms with Gasteiger partial charge in [0.15, 0.2) is 0 Å². The van der Waals surface area contributed by atoms with Crippen molar-refractivity contribution in [3.05, 3.63) is 28.2 Å². The summed E-state index contributed by atoms with van der Waals surface area (Å²) in [6.07, 6.45) is 5.59. The standard InChI is InChI=1S/C12H8BrNO2/c1-2-3-7-14-9-6-4-5-8(13)10(9)11(15)12(14)16/h1,4-6H,3,7H2. The van der Waals surface area contributed by atoms with Crippen LogP contribution in [0.15, 0.2) is 22.7 Å². The van der Waals surface area contributed by atoms with Crippen molar-refractivity contribution in [2.75, 3.05) is 11.4 Å². The summed E-state index contributed by atoms with van der Waals surface area (Å²) in [6.45, 7) is 0.379. The average molecular weight is 278 g/mol. The Hall–Kier alpha value is -1.60. The molecule has 0 aliphatic carbocycles. The van der Waals surface area contributed by atoms with Crippen LogP contribution in [0.4, 0.5) is 5.69 Å². The lowest BCUT2D eigenvalue weighted by Crippen LogP contribution is -2.30. The van der Waals surface area contributed by atoms with Gasteiger partial charge >= 0.3 is 0 Å². The predicted molar refractivity (Wildman–Crippen MR) is 64.3 cm³/mol. The highest BCUT2D eigenvalue weighted by atomic mass is 79.9. The number of amides is 1. The minimum atomic E-state index is -0.503. The highest BCUT2D eigenvalue weighted by Gasteiger charge is 2.36. The molecule has 0 saturated carbocycles. The van der Waals surface area contributed by atoms with Crippen molar-refractivity contribution in [1.82, 2.24) is 0 Å². The molecule has 4 heteroatoms. The third kappa shape index (κ3) is 1.54. The van der Waals surface area contributed by atoms with Gasteiger partial charge in [-0.15, -0.1) is 12.3 Å². The summed E-state index contributed by atoms with van der Waals surface area (Å²) in [5, 5.41) is 0. The number of hydrogen-bond acceptors (Lipinski definition) is 2. The summed E-state index contributed by atoms with van der Waals surface area (Å²) in [5.74, 6) is 1.48. The third-order valence-corrected chi connectivity index (χ3v) is 3.09. The van der Waals surface area contributed by atoms with E-state index in [-0.39, 0.29) is 0 Å². The molecule has 0 aromatic heterocycles. The molecule has 1 aliphatic heterocycles. The Labute approximate surface area is 102 Å². The van der Waals surface area contributed by atoms with Crippen LogP contribution in [0.2, 0.25) is 0 Å². The van der Waals surface area contributed by atoms with Gasteiger partial charge in [0.1, 0.15) is 0 Å². The number of halogens is 1. The first-order valence-electron chi connectivity index (χ1n) is 4.75. The van der Waals surface area contributed by atoms with Crippen LogP contribution in [-0.4, -0.2) is 18.2 Å². The second kappa shape index (κ2) is 4.11. The van der Waals surface area contributed by atoms with E-state index in [0.717, 1.165) is 0 Å². The van der Waals surface area contributed by atoms with Crippen LogP contribution in [0.5, 0.6) is 0 Å². The number of terminal acetylenes is 1. The second-order valence-electron chi connectivity index (χ2n) is 3.37. The van der Waals surface area contributed by atoms with E-state index in [4.69, 9.17) is 6.42 Å². The maximum atomic E-state index is 11.7. The van der Waals surface area contributed by atoms with Crippen molar-refractivity contribution in [1.29, 1.82) is 0 Å². The van der Waals surface area contributed by atoms with E-state index in [1.807, 2.05) is 0 Å². The molecule has 80 valence electrons. The number of benzene rings is 1.